The molecule has 0 spiro atoms. The number of hydrogen-bond acceptors (Lipinski definition) is 1. The summed E-state index contributed by atoms with van der Waals surface area (Å²) in [6.07, 6.45) is 8.04. The van der Waals surface area contributed by atoms with Gasteiger partial charge >= 0.3 is 0 Å². The SMILES string of the molecule is CNCC=Cc1cc[nH]c1. The van der Waals surface area contributed by atoms with Gasteiger partial charge in [-0.2, -0.15) is 0 Å². The van der Waals surface area contributed by atoms with Crippen molar-refractivity contribution in [3.8, 4) is 0 Å². The van der Waals surface area contributed by atoms with Crippen molar-refractivity contribution in [1.29, 1.82) is 0 Å². The smallest absolute Gasteiger partial charge is 0.0135 e. The lowest BCUT2D eigenvalue weighted by Gasteiger charge is -1.85. The molecule has 0 aliphatic carbocycles. The quantitative estimate of drug-likeness (QED) is 0.643. The van der Waals surface area contributed by atoms with Crippen LogP contribution in [-0.2, 0) is 0 Å². The minimum absolute atomic E-state index is 0.922. The van der Waals surface area contributed by atoms with Crippen molar-refractivity contribution in [2.75, 3.05) is 13.6 Å². The minimum atomic E-state index is 0.922. The van der Waals surface area contributed by atoms with E-state index in [4.69, 9.17) is 0 Å². The topological polar surface area (TPSA) is 27.8 Å². The number of rotatable bonds is 3. The summed E-state index contributed by atoms with van der Waals surface area (Å²) in [7, 11) is 1.93. The molecule has 0 aliphatic rings. The highest BCUT2D eigenvalue weighted by molar-refractivity contribution is 5.47. The summed E-state index contributed by atoms with van der Waals surface area (Å²) in [6.45, 7) is 0.922. The number of H-pyrrole nitrogens is 1. The van der Waals surface area contributed by atoms with Gasteiger partial charge in [0, 0.05) is 18.9 Å². The Bertz CT molecular complexity index is 187. The summed E-state index contributed by atoms with van der Waals surface area (Å²) < 4.78 is 0. The minimum Gasteiger partial charge on any atom is -0.367 e. The van der Waals surface area contributed by atoms with Crippen LogP contribution in [0.1, 0.15) is 5.56 Å². The van der Waals surface area contributed by atoms with E-state index in [0.717, 1.165) is 6.54 Å². The van der Waals surface area contributed by atoms with Gasteiger partial charge in [-0.05, 0) is 18.7 Å². The first-order valence-electron chi connectivity index (χ1n) is 3.37. The molecule has 1 heterocycles. The number of likely N-dealkylation sites (N-methyl/N-ethyl adjacent to an activating group) is 1. The van der Waals surface area contributed by atoms with E-state index < -0.39 is 0 Å². The molecule has 0 radical (unpaired) electrons. The van der Waals surface area contributed by atoms with Gasteiger partial charge in [0.05, 0.1) is 0 Å². The van der Waals surface area contributed by atoms with Crippen molar-refractivity contribution in [3.05, 3.63) is 30.1 Å². The molecule has 2 nitrogen and oxygen atoms in total. The molecule has 0 atom stereocenters. The maximum absolute atomic E-state index is 3.03. The van der Waals surface area contributed by atoms with Crippen LogP contribution in [0.5, 0.6) is 0 Å². The maximum atomic E-state index is 3.03. The molecule has 0 saturated carbocycles. The number of hydrogen-bond donors (Lipinski definition) is 2. The largest absolute Gasteiger partial charge is 0.367 e. The summed E-state index contributed by atoms with van der Waals surface area (Å²) in [6, 6.07) is 2.03. The van der Waals surface area contributed by atoms with Crippen LogP contribution in [0.2, 0.25) is 0 Å². The highest BCUT2D eigenvalue weighted by Gasteiger charge is 1.81. The first-order valence-corrected chi connectivity index (χ1v) is 3.37. The predicted octanol–water partition coefficient (Wildman–Crippen LogP) is 1.25. The molecule has 2 heteroatoms. The molecule has 54 valence electrons. The molecule has 2 N–H and O–H groups in total. The first kappa shape index (κ1) is 7.09. The second-order valence-corrected chi connectivity index (χ2v) is 2.10. The molecular formula is C8H12N2. The summed E-state index contributed by atoms with van der Waals surface area (Å²) in [5.41, 5.74) is 1.22. The molecule has 0 aliphatic heterocycles. The predicted molar refractivity (Wildman–Crippen MR) is 43.8 cm³/mol. The molecule has 0 amide bonds. The van der Waals surface area contributed by atoms with Gasteiger partial charge in [0.2, 0.25) is 0 Å². The standard InChI is InChI=1S/C8H12N2/c1-9-5-2-3-8-4-6-10-7-8/h2-4,6-7,9-10H,5H2,1H3. The van der Waals surface area contributed by atoms with Gasteiger partial charge < -0.3 is 10.3 Å². The number of aromatic nitrogens is 1. The van der Waals surface area contributed by atoms with Crippen LogP contribution in [-0.4, -0.2) is 18.6 Å². The molecule has 0 unspecified atom stereocenters. The molecule has 10 heavy (non-hydrogen) atoms. The highest BCUT2D eigenvalue weighted by Crippen LogP contribution is 1.97. The second-order valence-electron chi connectivity index (χ2n) is 2.10. The van der Waals surface area contributed by atoms with Crippen molar-refractivity contribution in [2.24, 2.45) is 0 Å². The van der Waals surface area contributed by atoms with Crippen molar-refractivity contribution >= 4 is 6.08 Å². The fourth-order valence-electron chi connectivity index (χ4n) is 0.753. The molecule has 0 fully saturated rings. The summed E-state index contributed by atoms with van der Waals surface area (Å²) in [5, 5.41) is 3.03. The monoisotopic (exact) mass is 136 g/mol. The highest BCUT2D eigenvalue weighted by atomic mass is 14.8. The van der Waals surface area contributed by atoms with Crippen LogP contribution in [0.15, 0.2) is 24.5 Å². The van der Waals surface area contributed by atoms with E-state index in [1.165, 1.54) is 5.56 Å². The Morgan fingerprint density at radius 1 is 1.70 bits per heavy atom. The summed E-state index contributed by atoms with van der Waals surface area (Å²) in [5.74, 6) is 0. The molecular weight excluding hydrogens is 124 g/mol. The zero-order valence-corrected chi connectivity index (χ0v) is 6.09. The van der Waals surface area contributed by atoms with E-state index in [0.29, 0.717) is 0 Å². The van der Waals surface area contributed by atoms with Crippen LogP contribution in [0, 0.1) is 0 Å². The Morgan fingerprint density at radius 2 is 2.60 bits per heavy atom. The fourth-order valence-corrected chi connectivity index (χ4v) is 0.753. The average molecular weight is 136 g/mol. The third kappa shape index (κ3) is 2.07. The molecule has 1 aromatic rings. The lowest BCUT2D eigenvalue weighted by molar-refractivity contribution is 0.922. The van der Waals surface area contributed by atoms with E-state index in [1.54, 1.807) is 0 Å². The second kappa shape index (κ2) is 3.90. The van der Waals surface area contributed by atoms with Crippen molar-refractivity contribution in [2.45, 2.75) is 0 Å². The van der Waals surface area contributed by atoms with E-state index in [2.05, 4.69) is 22.5 Å². The van der Waals surface area contributed by atoms with Crippen molar-refractivity contribution in [3.63, 3.8) is 0 Å². The van der Waals surface area contributed by atoms with E-state index >= 15 is 0 Å². The molecule has 1 rings (SSSR count). The van der Waals surface area contributed by atoms with Crippen LogP contribution in [0.3, 0.4) is 0 Å². The Morgan fingerprint density at radius 3 is 3.20 bits per heavy atom. The third-order valence-corrected chi connectivity index (χ3v) is 1.25. The van der Waals surface area contributed by atoms with Gasteiger partial charge in [0.25, 0.3) is 0 Å². The van der Waals surface area contributed by atoms with Gasteiger partial charge in [0.15, 0.2) is 0 Å². The zero-order chi connectivity index (χ0) is 7.23. The van der Waals surface area contributed by atoms with Gasteiger partial charge in [-0.15, -0.1) is 0 Å². The van der Waals surface area contributed by atoms with Gasteiger partial charge in [0.1, 0.15) is 0 Å². The molecule has 1 aromatic heterocycles. The number of aromatic amines is 1. The molecule has 0 bridgehead atoms. The number of nitrogens with one attached hydrogen (secondary N) is 2. The molecule has 0 saturated heterocycles. The third-order valence-electron chi connectivity index (χ3n) is 1.25. The van der Waals surface area contributed by atoms with Crippen molar-refractivity contribution < 1.29 is 0 Å². The van der Waals surface area contributed by atoms with Gasteiger partial charge in [-0.25, -0.2) is 0 Å². The van der Waals surface area contributed by atoms with Crippen LogP contribution in [0.25, 0.3) is 6.08 Å². The van der Waals surface area contributed by atoms with E-state index in [1.807, 2.05) is 25.5 Å². The Kier molecular flexibility index (Phi) is 2.77. The first-order chi connectivity index (χ1) is 4.93. The van der Waals surface area contributed by atoms with Crippen LogP contribution < -0.4 is 5.32 Å². The van der Waals surface area contributed by atoms with Gasteiger partial charge in [-0.1, -0.05) is 12.2 Å². The van der Waals surface area contributed by atoms with E-state index in [-0.39, 0.29) is 0 Å². The van der Waals surface area contributed by atoms with E-state index in [9.17, 15) is 0 Å². The Balaban J connectivity index is 2.40. The lowest BCUT2D eigenvalue weighted by atomic mass is 10.3. The maximum Gasteiger partial charge on any atom is 0.0135 e. The summed E-state index contributed by atoms with van der Waals surface area (Å²) in [4.78, 5) is 2.98. The molecule has 0 aromatic carbocycles. The Hall–Kier alpha value is -1.02. The normalized spacial score (nSPS) is 10.9. The van der Waals surface area contributed by atoms with Gasteiger partial charge in [-0.3, -0.25) is 0 Å². The van der Waals surface area contributed by atoms with Crippen LogP contribution >= 0.6 is 0 Å². The Labute approximate surface area is 61.0 Å². The van der Waals surface area contributed by atoms with Crippen molar-refractivity contribution in [1.82, 2.24) is 10.3 Å². The summed E-state index contributed by atoms with van der Waals surface area (Å²) >= 11 is 0. The lowest BCUT2D eigenvalue weighted by Crippen LogP contribution is -2.03. The fraction of sp³-hybridized carbons (Fsp3) is 0.250. The average Bonchev–Trinajstić information content (AvgIpc) is 2.41. The zero-order valence-electron chi connectivity index (χ0n) is 6.09. The van der Waals surface area contributed by atoms with Crippen LogP contribution in [0.4, 0.5) is 0 Å².